The number of rotatable bonds is 4. The molecule has 0 radical (unpaired) electrons. The van der Waals surface area contributed by atoms with Crippen LogP contribution >= 0.6 is 11.3 Å². The molecule has 2 N–H and O–H groups in total. The molecule has 2 aromatic heterocycles. The highest BCUT2D eigenvalue weighted by Gasteiger charge is 2.26. The molecular weight excluding hydrogens is 278 g/mol. The van der Waals surface area contributed by atoms with Crippen molar-refractivity contribution in [2.24, 2.45) is 5.92 Å². The van der Waals surface area contributed by atoms with Crippen molar-refractivity contribution in [2.75, 3.05) is 6.54 Å². The van der Waals surface area contributed by atoms with Crippen LogP contribution in [0.25, 0.3) is 4.96 Å². The number of fused-ring (bicyclic) bond motifs is 1. The van der Waals surface area contributed by atoms with Crippen LogP contribution in [0, 0.1) is 5.92 Å². The lowest BCUT2D eigenvalue weighted by molar-refractivity contribution is 0.0142. The fourth-order valence-electron chi connectivity index (χ4n) is 1.54. The van der Waals surface area contributed by atoms with Crippen molar-refractivity contribution in [3.63, 3.8) is 0 Å². The maximum Gasteiger partial charge on any atom is 0.271 e. The van der Waals surface area contributed by atoms with E-state index in [2.05, 4.69) is 10.3 Å². The van der Waals surface area contributed by atoms with E-state index in [1.807, 2.05) is 13.8 Å². The highest BCUT2D eigenvalue weighted by Crippen LogP contribution is 2.14. The Morgan fingerprint density at radius 3 is 2.95 bits per heavy atom. The van der Waals surface area contributed by atoms with Crippen molar-refractivity contribution >= 4 is 22.2 Å². The number of carbonyl (C=O) groups excluding carboxylic acids is 1. The fraction of sp³-hybridized carbons (Fsp3) is 0.462. The summed E-state index contributed by atoms with van der Waals surface area (Å²) >= 11 is 1.32. The average Bonchev–Trinajstić information content (AvgIpc) is 2.85. The third kappa shape index (κ3) is 2.73. The molecule has 0 fully saturated rings. The van der Waals surface area contributed by atoms with E-state index in [1.54, 1.807) is 18.5 Å². The Morgan fingerprint density at radius 2 is 2.30 bits per heavy atom. The molecule has 2 aromatic rings. The highest BCUT2D eigenvalue weighted by atomic mass is 32.1. The van der Waals surface area contributed by atoms with E-state index in [9.17, 15) is 14.7 Å². The molecule has 2 heterocycles. The van der Waals surface area contributed by atoms with Crippen LogP contribution < -0.4 is 10.9 Å². The van der Waals surface area contributed by atoms with E-state index in [0.29, 0.717) is 4.96 Å². The molecule has 1 unspecified atom stereocenters. The van der Waals surface area contributed by atoms with E-state index in [0.717, 1.165) is 0 Å². The predicted octanol–water partition coefficient (Wildman–Crippen LogP) is 0.893. The van der Waals surface area contributed by atoms with E-state index in [4.69, 9.17) is 0 Å². The molecule has 0 aliphatic carbocycles. The molecule has 0 aromatic carbocycles. The monoisotopic (exact) mass is 295 g/mol. The SMILES string of the molecule is CC(C)C(C)(O)CNC(=O)c1cnc2sccn2c1=O. The summed E-state index contributed by atoms with van der Waals surface area (Å²) in [6.45, 7) is 5.44. The second-order valence-corrected chi connectivity index (χ2v) is 6.10. The first kappa shape index (κ1) is 14.7. The van der Waals surface area contributed by atoms with Crippen molar-refractivity contribution in [2.45, 2.75) is 26.4 Å². The summed E-state index contributed by atoms with van der Waals surface area (Å²) in [5.74, 6) is -0.537. The van der Waals surface area contributed by atoms with E-state index < -0.39 is 17.1 Å². The summed E-state index contributed by atoms with van der Waals surface area (Å²) < 4.78 is 1.33. The number of nitrogens with one attached hydrogen (secondary N) is 1. The number of aromatic nitrogens is 2. The number of amides is 1. The Morgan fingerprint density at radius 1 is 1.60 bits per heavy atom. The molecule has 0 saturated heterocycles. The molecule has 0 spiro atoms. The van der Waals surface area contributed by atoms with Crippen LogP contribution in [0.2, 0.25) is 0 Å². The molecule has 0 bridgehead atoms. The summed E-state index contributed by atoms with van der Waals surface area (Å²) in [6, 6.07) is 0. The molecule has 6 nitrogen and oxygen atoms in total. The number of nitrogens with zero attached hydrogens (tertiary/aromatic N) is 2. The van der Waals surface area contributed by atoms with Crippen LogP contribution in [0.4, 0.5) is 0 Å². The van der Waals surface area contributed by atoms with Crippen LogP contribution in [0.15, 0.2) is 22.6 Å². The Hall–Kier alpha value is -1.73. The van der Waals surface area contributed by atoms with Crippen LogP contribution in [-0.4, -0.2) is 32.5 Å². The van der Waals surface area contributed by atoms with Crippen LogP contribution in [0.5, 0.6) is 0 Å². The van der Waals surface area contributed by atoms with Crippen molar-refractivity contribution in [3.05, 3.63) is 33.7 Å². The Labute approximate surface area is 120 Å². The van der Waals surface area contributed by atoms with Gasteiger partial charge < -0.3 is 10.4 Å². The highest BCUT2D eigenvalue weighted by molar-refractivity contribution is 7.15. The van der Waals surface area contributed by atoms with E-state index in [1.165, 1.54) is 21.9 Å². The number of carbonyl (C=O) groups is 1. The van der Waals surface area contributed by atoms with Crippen LogP contribution in [-0.2, 0) is 0 Å². The molecular formula is C13H17N3O3S. The van der Waals surface area contributed by atoms with E-state index >= 15 is 0 Å². The van der Waals surface area contributed by atoms with Gasteiger partial charge >= 0.3 is 0 Å². The molecule has 1 atom stereocenters. The average molecular weight is 295 g/mol. The Kier molecular flexibility index (Phi) is 3.92. The normalized spacial score (nSPS) is 14.4. The molecule has 0 aliphatic rings. The molecule has 0 aliphatic heterocycles. The first-order valence-electron chi connectivity index (χ1n) is 6.28. The van der Waals surface area contributed by atoms with Gasteiger partial charge in [-0.2, -0.15) is 0 Å². The maximum absolute atomic E-state index is 12.1. The number of hydrogen-bond donors (Lipinski definition) is 2. The zero-order chi connectivity index (χ0) is 14.9. The first-order chi connectivity index (χ1) is 9.33. The van der Waals surface area contributed by atoms with Crippen molar-refractivity contribution in [1.82, 2.24) is 14.7 Å². The Balaban J connectivity index is 2.20. The standard InChI is InChI=1S/C13H17N3O3S/c1-8(2)13(3,19)7-15-10(17)9-6-14-12-16(11(9)18)4-5-20-12/h4-6,8,19H,7H2,1-3H3,(H,15,17). The molecule has 20 heavy (non-hydrogen) atoms. The van der Waals surface area contributed by atoms with Crippen molar-refractivity contribution in [3.8, 4) is 0 Å². The lowest BCUT2D eigenvalue weighted by Crippen LogP contribution is -2.45. The quantitative estimate of drug-likeness (QED) is 0.877. The maximum atomic E-state index is 12.1. The molecule has 7 heteroatoms. The van der Waals surface area contributed by atoms with Gasteiger partial charge in [0.1, 0.15) is 5.56 Å². The van der Waals surface area contributed by atoms with Gasteiger partial charge in [0.05, 0.1) is 5.60 Å². The van der Waals surface area contributed by atoms with Crippen LogP contribution in [0.3, 0.4) is 0 Å². The number of aliphatic hydroxyl groups is 1. The molecule has 0 saturated carbocycles. The van der Waals surface area contributed by atoms with Gasteiger partial charge in [-0.1, -0.05) is 13.8 Å². The number of thiazole rings is 1. The Bertz CT molecular complexity index is 687. The topological polar surface area (TPSA) is 83.7 Å². The third-order valence-electron chi connectivity index (χ3n) is 3.44. The summed E-state index contributed by atoms with van der Waals surface area (Å²) in [5.41, 5.74) is -1.45. The lowest BCUT2D eigenvalue weighted by Gasteiger charge is -2.27. The third-order valence-corrected chi connectivity index (χ3v) is 4.21. The van der Waals surface area contributed by atoms with Gasteiger partial charge in [0, 0.05) is 24.3 Å². The van der Waals surface area contributed by atoms with Gasteiger partial charge in [0.2, 0.25) is 0 Å². The van der Waals surface area contributed by atoms with Gasteiger partial charge in [-0.25, -0.2) is 4.98 Å². The zero-order valence-electron chi connectivity index (χ0n) is 11.6. The molecule has 108 valence electrons. The van der Waals surface area contributed by atoms with E-state index in [-0.39, 0.29) is 18.0 Å². The van der Waals surface area contributed by atoms with Gasteiger partial charge in [-0.3, -0.25) is 14.0 Å². The van der Waals surface area contributed by atoms with Gasteiger partial charge in [-0.15, -0.1) is 11.3 Å². The minimum Gasteiger partial charge on any atom is -0.388 e. The summed E-state index contributed by atoms with van der Waals surface area (Å²) in [6.07, 6.45) is 2.85. The summed E-state index contributed by atoms with van der Waals surface area (Å²) in [7, 11) is 0. The smallest absolute Gasteiger partial charge is 0.271 e. The fourth-order valence-corrected chi connectivity index (χ4v) is 2.21. The van der Waals surface area contributed by atoms with Gasteiger partial charge in [0.25, 0.3) is 11.5 Å². The predicted molar refractivity (Wildman–Crippen MR) is 77.1 cm³/mol. The second-order valence-electron chi connectivity index (χ2n) is 5.23. The van der Waals surface area contributed by atoms with Crippen LogP contribution in [0.1, 0.15) is 31.1 Å². The minimum absolute atomic E-state index is 0.0126. The molecule has 2 rings (SSSR count). The second kappa shape index (κ2) is 5.34. The largest absolute Gasteiger partial charge is 0.388 e. The summed E-state index contributed by atoms with van der Waals surface area (Å²) in [5, 5.41) is 14.4. The number of hydrogen-bond acceptors (Lipinski definition) is 5. The zero-order valence-corrected chi connectivity index (χ0v) is 12.4. The van der Waals surface area contributed by atoms with Gasteiger partial charge in [-0.05, 0) is 12.8 Å². The van der Waals surface area contributed by atoms with Crippen molar-refractivity contribution < 1.29 is 9.90 Å². The van der Waals surface area contributed by atoms with Crippen molar-refractivity contribution in [1.29, 1.82) is 0 Å². The van der Waals surface area contributed by atoms with Gasteiger partial charge in [0.15, 0.2) is 4.96 Å². The minimum atomic E-state index is -1.02. The molecule has 1 amide bonds. The summed E-state index contributed by atoms with van der Waals surface area (Å²) in [4.78, 5) is 28.7. The first-order valence-corrected chi connectivity index (χ1v) is 7.16. The lowest BCUT2D eigenvalue weighted by atomic mass is 9.92.